The van der Waals surface area contributed by atoms with Crippen LogP contribution in [-0.4, -0.2) is 27.0 Å². The van der Waals surface area contributed by atoms with Gasteiger partial charge in [0, 0.05) is 30.7 Å². The van der Waals surface area contributed by atoms with E-state index in [-0.39, 0.29) is 0 Å². The van der Waals surface area contributed by atoms with Gasteiger partial charge in [0.15, 0.2) is 5.16 Å². The van der Waals surface area contributed by atoms with Crippen molar-refractivity contribution in [1.82, 2.24) is 25.3 Å². The van der Waals surface area contributed by atoms with E-state index >= 15 is 0 Å². The van der Waals surface area contributed by atoms with Crippen molar-refractivity contribution in [2.75, 3.05) is 7.05 Å². The Bertz CT molecular complexity index is 431. The summed E-state index contributed by atoms with van der Waals surface area (Å²) in [5.41, 5.74) is 1.06. The van der Waals surface area contributed by atoms with Gasteiger partial charge in [-0.25, -0.2) is 19.9 Å². The van der Waals surface area contributed by atoms with Gasteiger partial charge in [-0.3, -0.25) is 0 Å². The molecule has 0 bridgehead atoms. The number of aromatic nitrogens is 4. The number of hydrogen-bond acceptors (Lipinski definition) is 6. The van der Waals surface area contributed by atoms with Crippen LogP contribution in [0.2, 0.25) is 0 Å². The lowest BCUT2D eigenvalue weighted by atomic mass is 10.3. The Labute approximate surface area is 97.8 Å². The van der Waals surface area contributed by atoms with Gasteiger partial charge in [-0.1, -0.05) is 0 Å². The van der Waals surface area contributed by atoms with Gasteiger partial charge >= 0.3 is 0 Å². The van der Waals surface area contributed by atoms with E-state index in [1.54, 1.807) is 6.20 Å². The first-order chi connectivity index (χ1) is 7.88. The second-order valence-electron chi connectivity index (χ2n) is 3.05. The molecule has 0 unspecified atom stereocenters. The highest BCUT2D eigenvalue weighted by atomic mass is 32.2. The lowest BCUT2D eigenvalue weighted by Gasteiger charge is -2.00. The molecule has 0 aromatic carbocycles. The number of rotatable bonds is 4. The quantitative estimate of drug-likeness (QED) is 0.631. The van der Waals surface area contributed by atoms with Crippen molar-refractivity contribution in [1.29, 1.82) is 0 Å². The van der Waals surface area contributed by atoms with Crippen molar-refractivity contribution in [3.8, 4) is 0 Å². The molecule has 0 aliphatic carbocycles. The third kappa shape index (κ3) is 2.98. The zero-order chi connectivity index (χ0) is 11.2. The largest absolute Gasteiger partial charge is 0.316 e. The van der Waals surface area contributed by atoms with Crippen molar-refractivity contribution in [2.24, 2.45) is 0 Å². The molecule has 0 spiro atoms. The van der Waals surface area contributed by atoms with Gasteiger partial charge in [-0.15, -0.1) is 0 Å². The Morgan fingerprint density at radius 1 is 1.25 bits per heavy atom. The Hall–Kier alpha value is -1.53. The summed E-state index contributed by atoms with van der Waals surface area (Å²) in [4.78, 5) is 16.4. The molecule has 1 N–H and O–H groups in total. The van der Waals surface area contributed by atoms with Crippen molar-refractivity contribution in [3.05, 3.63) is 36.5 Å². The Morgan fingerprint density at radius 2 is 2.06 bits per heavy atom. The van der Waals surface area contributed by atoms with Crippen molar-refractivity contribution in [2.45, 2.75) is 16.7 Å². The van der Waals surface area contributed by atoms with Crippen LogP contribution in [0, 0.1) is 0 Å². The molecule has 0 saturated heterocycles. The maximum Gasteiger partial charge on any atom is 0.193 e. The van der Waals surface area contributed by atoms with E-state index < -0.39 is 0 Å². The van der Waals surface area contributed by atoms with E-state index in [4.69, 9.17) is 0 Å². The summed E-state index contributed by atoms with van der Waals surface area (Å²) >= 11 is 1.42. The van der Waals surface area contributed by atoms with Crippen LogP contribution in [-0.2, 0) is 6.54 Å². The Morgan fingerprint density at radius 3 is 2.69 bits per heavy atom. The number of nitrogens with one attached hydrogen (secondary N) is 1. The van der Waals surface area contributed by atoms with Crippen molar-refractivity contribution in [3.63, 3.8) is 0 Å². The Kier molecular flexibility index (Phi) is 3.79. The third-order valence-corrected chi connectivity index (χ3v) is 2.66. The zero-order valence-electron chi connectivity index (χ0n) is 8.79. The van der Waals surface area contributed by atoms with Gasteiger partial charge in [0.1, 0.15) is 11.4 Å². The average Bonchev–Trinajstić information content (AvgIpc) is 2.33. The first-order valence-electron chi connectivity index (χ1n) is 4.78. The highest BCUT2D eigenvalue weighted by Gasteiger charge is 2.01. The number of hydrogen-bond donors (Lipinski definition) is 1. The van der Waals surface area contributed by atoms with Crippen LogP contribution >= 0.6 is 11.8 Å². The molecule has 16 heavy (non-hydrogen) atoms. The maximum absolute atomic E-state index is 4.24. The molecule has 0 amide bonds. The SMILES string of the molecule is CNCc1cnc(Sc2ccncn2)nc1. The first kappa shape index (κ1) is 11.0. The summed E-state index contributed by atoms with van der Waals surface area (Å²) < 4.78 is 0. The zero-order valence-corrected chi connectivity index (χ0v) is 9.61. The summed E-state index contributed by atoms with van der Waals surface area (Å²) in [6.07, 6.45) is 6.84. The molecular formula is C10H11N5S. The minimum atomic E-state index is 0.693. The highest BCUT2D eigenvalue weighted by Crippen LogP contribution is 2.20. The van der Waals surface area contributed by atoms with Gasteiger partial charge < -0.3 is 5.32 Å². The van der Waals surface area contributed by atoms with Crippen LogP contribution in [0.3, 0.4) is 0 Å². The molecule has 6 heteroatoms. The minimum absolute atomic E-state index is 0.693. The van der Waals surface area contributed by atoms with Crippen molar-refractivity contribution < 1.29 is 0 Å². The first-order valence-corrected chi connectivity index (χ1v) is 5.59. The second-order valence-corrected chi connectivity index (χ2v) is 4.04. The van der Waals surface area contributed by atoms with Crippen LogP contribution in [0.4, 0.5) is 0 Å². The molecule has 0 atom stereocenters. The topological polar surface area (TPSA) is 63.6 Å². The maximum atomic E-state index is 4.24. The van der Waals surface area contributed by atoms with Crippen LogP contribution in [0.25, 0.3) is 0 Å². The molecule has 5 nitrogen and oxygen atoms in total. The van der Waals surface area contributed by atoms with E-state index in [9.17, 15) is 0 Å². The molecule has 2 heterocycles. The molecule has 0 aliphatic rings. The molecule has 0 fully saturated rings. The van der Waals surface area contributed by atoms with Crippen LogP contribution < -0.4 is 5.32 Å². The van der Waals surface area contributed by atoms with Gasteiger partial charge in [-0.2, -0.15) is 0 Å². The summed E-state index contributed by atoms with van der Waals surface area (Å²) in [5.74, 6) is 0. The van der Waals surface area contributed by atoms with E-state index in [0.717, 1.165) is 17.1 Å². The Balaban J connectivity index is 2.05. The van der Waals surface area contributed by atoms with E-state index in [1.807, 2.05) is 25.5 Å². The molecule has 2 rings (SSSR count). The fraction of sp³-hybridized carbons (Fsp3) is 0.200. The van der Waals surface area contributed by atoms with E-state index in [0.29, 0.717) is 5.16 Å². The summed E-state index contributed by atoms with van der Waals surface area (Å²) in [7, 11) is 1.89. The standard InChI is InChI=1S/C10H11N5S/c1-11-4-8-5-13-10(14-6-8)16-9-2-3-12-7-15-9/h2-3,5-7,11H,4H2,1H3. The smallest absolute Gasteiger partial charge is 0.193 e. The van der Waals surface area contributed by atoms with Gasteiger partial charge in [0.25, 0.3) is 0 Å². The van der Waals surface area contributed by atoms with E-state index in [1.165, 1.54) is 18.1 Å². The van der Waals surface area contributed by atoms with Crippen LogP contribution in [0.15, 0.2) is 41.2 Å². The predicted molar refractivity (Wildman–Crippen MR) is 61.0 cm³/mol. The molecule has 0 radical (unpaired) electrons. The molecule has 82 valence electrons. The van der Waals surface area contributed by atoms with Crippen molar-refractivity contribution >= 4 is 11.8 Å². The third-order valence-electron chi connectivity index (χ3n) is 1.81. The lowest BCUT2D eigenvalue weighted by Crippen LogP contribution is -2.05. The van der Waals surface area contributed by atoms with Gasteiger partial charge in [-0.05, 0) is 24.9 Å². The molecule has 2 aromatic rings. The normalized spacial score (nSPS) is 10.3. The average molecular weight is 233 g/mol. The van der Waals surface area contributed by atoms with Crippen LogP contribution in [0.5, 0.6) is 0 Å². The monoisotopic (exact) mass is 233 g/mol. The lowest BCUT2D eigenvalue weighted by molar-refractivity contribution is 0.793. The summed E-state index contributed by atoms with van der Waals surface area (Å²) in [6.45, 7) is 0.776. The second kappa shape index (κ2) is 5.53. The van der Waals surface area contributed by atoms with Gasteiger partial charge in [0.2, 0.25) is 0 Å². The number of nitrogens with zero attached hydrogens (tertiary/aromatic N) is 4. The predicted octanol–water partition coefficient (Wildman–Crippen LogP) is 1.14. The highest BCUT2D eigenvalue weighted by molar-refractivity contribution is 7.99. The molecule has 2 aromatic heterocycles. The van der Waals surface area contributed by atoms with Crippen LogP contribution in [0.1, 0.15) is 5.56 Å². The summed E-state index contributed by atoms with van der Waals surface area (Å²) in [5, 5.41) is 4.58. The molecular weight excluding hydrogens is 222 g/mol. The summed E-state index contributed by atoms with van der Waals surface area (Å²) in [6, 6.07) is 1.83. The van der Waals surface area contributed by atoms with Gasteiger partial charge in [0.05, 0.1) is 0 Å². The van der Waals surface area contributed by atoms with E-state index in [2.05, 4.69) is 25.3 Å². The fourth-order valence-electron chi connectivity index (χ4n) is 1.12. The molecule has 0 aliphatic heterocycles. The molecule has 0 saturated carbocycles. The fourth-order valence-corrected chi connectivity index (χ4v) is 1.75. The minimum Gasteiger partial charge on any atom is -0.316 e.